The second-order valence-electron chi connectivity index (χ2n) is 7.13. The van der Waals surface area contributed by atoms with Gasteiger partial charge in [0.2, 0.25) is 11.5 Å². The SMILES string of the molecule is O=c1ccc(-c2nccnc2N[C@H]2CC[C@H](Nc3nc4ccccn4n3)C2)c[nH]1. The highest BCUT2D eigenvalue weighted by Gasteiger charge is 2.26. The van der Waals surface area contributed by atoms with Gasteiger partial charge in [-0.2, -0.15) is 4.98 Å². The average molecular weight is 388 g/mol. The topological polar surface area (TPSA) is 113 Å². The minimum Gasteiger partial charge on any atom is -0.365 e. The van der Waals surface area contributed by atoms with Crippen LogP contribution in [0.5, 0.6) is 0 Å². The summed E-state index contributed by atoms with van der Waals surface area (Å²) in [6, 6.07) is 9.61. The molecule has 0 saturated heterocycles. The van der Waals surface area contributed by atoms with Gasteiger partial charge in [-0.3, -0.25) is 9.78 Å². The van der Waals surface area contributed by atoms with E-state index >= 15 is 0 Å². The van der Waals surface area contributed by atoms with E-state index in [1.165, 1.54) is 6.07 Å². The molecule has 1 saturated carbocycles. The summed E-state index contributed by atoms with van der Waals surface area (Å²) in [5.74, 6) is 1.37. The smallest absolute Gasteiger partial charge is 0.247 e. The average Bonchev–Trinajstić information content (AvgIpc) is 3.35. The molecule has 1 aliphatic carbocycles. The fraction of sp³-hybridized carbons (Fsp3) is 0.250. The van der Waals surface area contributed by atoms with Gasteiger partial charge < -0.3 is 15.6 Å². The van der Waals surface area contributed by atoms with Crippen LogP contribution in [0, 0.1) is 0 Å². The first-order valence-corrected chi connectivity index (χ1v) is 9.59. The van der Waals surface area contributed by atoms with Crippen LogP contribution in [0.2, 0.25) is 0 Å². The van der Waals surface area contributed by atoms with Crippen LogP contribution in [0.4, 0.5) is 11.8 Å². The summed E-state index contributed by atoms with van der Waals surface area (Å²) in [5, 5.41) is 11.4. The maximum Gasteiger partial charge on any atom is 0.247 e. The Morgan fingerprint density at radius 1 is 1.03 bits per heavy atom. The van der Waals surface area contributed by atoms with E-state index in [-0.39, 0.29) is 17.6 Å². The summed E-state index contributed by atoms with van der Waals surface area (Å²) in [7, 11) is 0. The molecule has 1 fully saturated rings. The van der Waals surface area contributed by atoms with Crippen molar-refractivity contribution in [3.8, 4) is 11.3 Å². The van der Waals surface area contributed by atoms with Crippen LogP contribution in [-0.4, -0.2) is 41.6 Å². The van der Waals surface area contributed by atoms with E-state index in [9.17, 15) is 4.79 Å². The Balaban J connectivity index is 1.28. The number of rotatable bonds is 5. The van der Waals surface area contributed by atoms with Gasteiger partial charge >= 0.3 is 0 Å². The Morgan fingerprint density at radius 2 is 1.90 bits per heavy atom. The third kappa shape index (κ3) is 3.66. The maximum absolute atomic E-state index is 11.3. The molecule has 9 nitrogen and oxygen atoms in total. The van der Waals surface area contributed by atoms with Crippen molar-refractivity contribution in [3.05, 3.63) is 65.5 Å². The van der Waals surface area contributed by atoms with Crippen LogP contribution in [0.15, 0.2) is 59.9 Å². The molecule has 0 aliphatic heterocycles. The zero-order valence-corrected chi connectivity index (χ0v) is 15.6. The summed E-state index contributed by atoms with van der Waals surface area (Å²) >= 11 is 0. The highest BCUT2D eigenvalue weighted by atomic mass is 16.1. The molecule has 4 aromatic rings. The number of fused-ring (bicyclic) bond motifs is 1. The van der Waals surface area contributed by atoms with Crippen molar-refractivity contribution in [2.45, 2.75) is 31.3 Å². The fourth-order valence-electron chi connectivity index (χ4n) is 3.73. The molecular formula is C20H20N8O. The zero-order chi connectivity index (χ0) is 19.6. The van der Waals surface area contributed by atoms with E-state index in [0.29, 0.717) is 5.95 Å². The summed E-state index contributed by atoms with van der Waals surface area (Å²) in [4.78, 5) is 27.4. The van der Waals surface area contributed by atoms with Crippen molar-refractivity contribution < 1.29 is 0 Å². The third-order valence-electron chi connectivity index (χ3n) is 5.10. The number of nitrogens with zero attached hydrogens (tertiary/aromatic N) is 5. The molecular weight excluding hydrogens is 368 g/mol. The second-order valence-corrected chi connectivity index (χ2v) is 7.13. The van der Waals surface area contributed by atoms with Crippen molar-refractivity contribution in [1.29, 1.82) is 0 Å². The highest BCUT2D eigenvalue weighted by Crippen LogP contribution is 2.28. The largest absolute Gasteiger partial charge is 0.365 e. The molecule has 3 N–H and O–H groups in total. The number of anilines is 2. The van der Waals surface area contributed by atoms with Crippen molar-refractivity contribution in [2.24, 2.45) is 0 Å². The Morgan fingerprint density at radius 3 is 2.72 bits per heavy atom. The lowest BCUT2D eigenvalue weighted by molar-refractivity contribution is 0.716. The summed E-state index contributed by atoms with van der Waals surface area (Å²) in [6.07, 6.45) is 9.82. The Hall–Kier alpha value is -3.75. The van der Waals surface area contributed by atoms with E-state index in [2.05, 4.69) is 35.7 Å². The minimum atomic E-state index is -0.141. The van der Waals surface area contributed by atoms with Gasteiger partial charge in [-0.15, -0.1) is 5.10 Å². The normalized spacial score (nSPS) is 18.8. The van der Waals surface area contributed by atoms with Gasteiger partial charge in [0, 0.05) is 48.5 Å². The highest BCUT2D eigenvalue weighted by molar-refractivity contribution is 5.70. The van der Waals surface area contributed by atoms with E-state index in [1.54, 1.807) is 29.2 Å². The first-order chi connectivity index (χ1) is 14.2. The molecule has 0 aromatic carbocycles. The van der Waals surface area contributed by atoms with Crippen LogP contribution in [0.1, 0.15) is 19.3 Å². The molecule has 2 atom stereocenters. The number of hydrogen-bond donors (Lipinski definition) is 3. The quantitative estimate of drug-likeness (QED) is 0.481. The fourth-order valence-corrected chi connectivity index (χ4v) is 3.73. The molecule has 9 heteroatoms. The molecule has 29 heavy (non-hydrogen) atoms. The van der Waals surface area contributed by atoms with Crippen LogP contribution >= 0.6 is 0 Å². The molecule has 0 spiro atoms. The van der Waals surface area contributed by atoms with Gasteiger partial charge in [-0.25, -0.2) is 9.50 Å². The minimum absolute atomic E-state index is 0.141. The number of aromatic nitrogens is 6. The lowest BCUT2D eigenvalue weighted by Gasteiger charge is -2.16. The van der Waals surface area contributed by atoms with Gasteiger partial charge in [0.1, 0.15) is 5.69 Å². The van der Waals surface area contributed by atoms with E-state index in [4.69, 9.17) is 0 Å². The summed E-state index contributed by atoms with van der Waals surface area (Å²) < 4.78 is 1.77. The van der Waals surface area contributed by atoms with Crippen LogP contribution in [0.3, 0.4) is 0 Å². The number of H-pyrrole nitrogens is 1. The van der Waals surface area contributed by atoms with Crippen LogP contribution in [0.25, 0.3) is 16.9 Å². The number of nitrogens with one attached hydrogen (secondary N) is 3. The summed E-state index contributed by atoms with van der Waals surface area (Å²) in [6.45, 7) is 0. The molecule has 0 radical (unpaired) electrons. The van der Waals surface area contributed by atoms with Crippen molar-refractivity contribution in [2.75, 3.05) is 10.6 Å². The molecule has 0 amide bonds. The predicted molar refractivity (Wildman–Crippen MR) is 110 cm³/mol. The standard InChI is InChI=1S/C20H20N8O/c29-17-7-4-13(12-23-17)18-19(22-9-8-21-18)24-14-5-6-15(11-14)25-20-26-16-3-1-2-10-28(16)27-20/h1-4,7-10,12,14-15H,5-6,11H2,(H,22,24)(H,23,29)(H,25,27)/t14-,15-/m0/s1. The predicted octanol–water partition coefficient (Wildman–Crippen LogP) is 2.32. The van der Waals surface area contributed by atoms with E-state index in [1.807, 2.05) is 24.4 Å². The molecule has 4 aromatic heterocycles. The first-order valence-electron chi connectivity index (χ1n) is 9.59. The van der Waals surface area contributed by atoms with E-state index < -0.39 is 0 Å². The van der Waals surface area contributed by atoms with Crippen molar-refractivity contribution >= 4 is 17.4 Å². The van der Waals surface area contributed by atoms with Gasteiger partial charge in [0.15, 0.2) is 11.5 Å². The summed E-state index contributed by atoms with van der Waals surface area (Å²) in [5.41, 5.74) is 2.23. The first kappa shape index (κ1) is 17.4. The Bertz CT molecular complexity index is 1150. The molecule has 1 aliphatic rings. The van der Waals surface area contributed by atoms with Crippen LogP contribution < -0.4 is 16.2 Å². The van der Waals surface area contributed by atoms with Gasteiger partial charge in [0.25, 0.3) is 0 Å². The Labute approximate surface area is 166 Å². The molecule has 0 bridgehead atoms. The molecule has 0 unspecified atom stereocenters. The monoisotopic (exact) mass is 388 g/mol. The maximum atomic E-state index is 11.3. The number of hydrogen-bond acceptors (Lipinski definition) is 7. The van der Waals surface area contributed by atoms with Crippen molar-refractivity contribution in [1.82, 2.24) is 29.5 Å². The van der Waals surface area contributed by atoms with Gasteiger partial charge in [-0.1, -0.05) is 6.07 Å². The van der Waals surface area contributed by atoms with Gasteiger partial charge in [-0.05, 0) is 37.5 Å². The lowest BCUT2D eigenvalue weighted by atomic mass is 10.2. The Kier molecular flexibility index (Phi) is 4.39. The van der Waals surface area contributed by atoms with Gasteiger partial charge in [0.05, 0.1) is 0 Å². The second kappa shape index (κ2) is 7.34. The van der Waals surface area contributed by atoms with Crippen LogP contribution in [-0.2, 0) is 0 Å². The van der Waals surface area contributed by atoms with Crippen molar-refractivity contribution in [3.63, 3.8) is 0 Å². The lowest BCUT2D eigenvalue weighted by Crippen LogP contribution is -2.22. The zero-order valence-electron chi connectivity index (χ0n) is 15.6. The van der Waals surface area contributed by atoms with E-state index in [0.717, 1.165) is 42.0 Å². The molecule has 4 heterocycles. The molecule has 146 valence electrons. The number of pyridine rings is 2. The third-order valence-corrected chi connectivity index (χ3v) is 5.10. The molecule has 5 rings (SSSR count). The number of aromatic amines is 1.